The van der Waals surface area contributed by atoms with Crippen molar-refractivity contribution in [3.8, 4) is 11.5 Å². The molecule has 3 nitrogen and oxygen atoms in total. The molecule has 0 aliphatic rings. The molecule has 0 atom stereocenters. The van der Waals surface area contributed by atoms with Crippen LogP contribution < -0.4 is 9.47 Å². The molecule has 5 heteroatoms. The van der Waals surface area contributed by atoms with Crippen LogP contribution in [0.15, 0.2) is 39.8 Å². The standard InChI is InChI=1S/C17H17BrClNO2/c1-4-22-16-8-12(7-14(18)17(16)21-3)10-20-15-9-13(19)6-5-11(15)2/h5-10H,4H2,1-3H3. The van der Waals surface area contributed by atoms with Crippen LogP contribution in [0, 0.1) is 6.92 Å². The third kappa shape index (κ3) is 4.02. The molecule has 0 aliphatic heterocycles. The van der Waals surface area contributed by atoms with Gasteiger partial charge in [-0.2, -0.15) is 0 Å². The summed E-state index contributed by atoms with van der Waals surface area (Å²) in [4.78, 5) is 4.51. The second kappa shape index (κ2) is 7.65. The van der Waals surface area contributed by atoms with Crippen LogP contribution >= 0.6 is 27.5 Å². The van der Waals surface area contributed by atoms with Gasteiger partial charge in [0.15, 0.2) is 11.5 Å². The van der Waals surface area contributed by atoms with Gasteiger partial charge in [0.1, 0.15) is 0 Å². The number of hydrogen-bond donors (Lipinski definition) is 0. The molecule has 2 aromatic carbocycles. The van der Waals surface area contributed by atoms with Gasteiger partial charge < -0.3 is 9.47 Å². The second-order valence-electron chi connectivity index (χ2n) is 4.66. The Morgan fingerprint density at radius 2 is 2.05 bits per heavy atom. The highest BCUT2D eigenvalue weighted by atomic mass is 79.9. The van der Waals surface area contributed by atoms with E-state index in [2.05, 4.69) is 20.9 Å². The Hall–Kier alpha value is -1.52. The van der Waals surface area contributed by atoms with E-state index < -0.39 is 0 Å². The van der Waals surface area contributed by atoms with Gasteiger partial charge in [0, 0.05) is 11.2 Å². The van der Waals surface area contributed by atoms with Gasteiger partial charge in [-0.25, -0.2) is 0 Å². The van der Waals surface area contributed by atoms with Crippen molar-refractivity contribution in [1.82, 2.24) is 0 Å². The molecule has 2 rings (SSSR count). The number of hydrogen-bond acceptors (Lipinski definition) is 3. The van der Waals surface area contributed by atoms with Crippen molar-refractivity contribution in [2.24, 2.45) is 4.99 Å². The van der Waals surface area contributed by atoms with Crippen LogP contribution in [0.2, 0.25) is 5.02 Å². The maximum absolute atomic E-state index is 6.01. The average Bonchev–Trinajstić information content (AvgIpc) is 2.48. The van der Waals surface area contributed by atoms with Crippen LogP contribution in [0.3, 0.4) is 0 Å². The fourth-order valence-corrected chi connectivity index (χ4v) is 2.78. The van der Waals surface area contributed by atoms with E-state index in [-0.39, 0.29) is 0 Å². The van der Waals surface area contributed by atoms with E-state index >= 15 is 0 Å². The van der Waals surface area contributed by atoms with Crippen molar-refractivity contribution in [2.45, 2.75) is 13.8 Å². The molecule has 0 amide bonds. The Balaban J connectivity index is 2.36. The highest BCUT2D eigenvalue weighted by Gasteiger charge is 2.10. The van der Waals surface area contributed by atoms with Crippen molar-refractivity contribution in [3.63, 3.8) is 0 Å². The first-order valence-corrected chi connectivity index (χ1v) is 8.02. The Morgan fingerprint density at radius 3 is 2.73 bits per heavy atom. The van der Waals surface area contributed by atoms with Gasteiger partial charge in [-0.05, 0) is 65.2 Å². The van der Waals surface area contributed by atoms with E-state index in [0.29, 0.717) is 23.1 Å². The lowest BCUT2D eigenvalue weighted by Crippen LogP contribution is -1.97. The molecule has 116 valence electrons. The maximum Gasteiger partial charge on any atom is 0.174 e. The van der Waals surface area contributed by atoms with Crippen LogP contribution in [-0.4, -0.2) is 19.9 Å². The molecule has 0 saturated heterocycles. The number of aryl methyl sites for hydroxylation is 1. The third-order valence-corrected chi connectivity index (χ3v) is 3.88. The van der Waals surface area contributed by atoms with Gasteiger partial charge >= 0.3 is 0 Å². The number of benzene rings is 2. The average molecular weight is 383 g/mol. The molecule has 0 saturated carbocycles. The van der Waals surface area contributed by atoms with Gasteiger partial charge in [0.05, 0.1) is 23.9 Å². The number of methoxy groups -OCH3 is 1. The lowest BCUT2D eigenvalue weighted by molar-refractivity contribution is 0.310. The zero-order valence-corrected chi connectivity index (χ0v) is 15.0. The summed E-state index contributed by atoms with van der Waals surface area (Å²) in [5.41, 5.74) is 2.83. The Morgan fingerprint density at radius 1 is 1.27 bits per heavy atom. The maximum atomic E-state index is 6.01. The molecular formula is C17H17BrClNO2. The monoisotopic (exact) mass is 381 g/mol. The number of aliphatic imine (C=N–C) groups is 1. The summed E-state index contributed by atoms with van der Waals surface area (Å²) in [5.74, 6) is 1.36. The smallest absolute Gasteiger partial charge is 0.174 e. The van der Waals surface area contributed by atoms with Crippen LogP contribution in [0.5, 0.6) is 11.5 Å². The largest absolute Gasteiger partial charge is 0.492 e. The molecule has 0 unspecified atom stereocenters. The summed E-state index contributed by atoms with van der Waals surface area (Å²) >= 11 is 9.50. The summed E-state index contributed by atoms with van der Waals surface area (Å²) in [6.45, 7) is 4.50. The number of rotatable bonds is 5. The van der Waals surface area contributed by atoms with Crippen LogP contribution in [0.25, 0.3) is 0 Å². The lowest BCUT2D eigenvalue weighted by atomic mass is 10.2. The predicted molar refractivity (Wildman–Crippen MR) is 95.3 cm³/mol. The molecule has 0 spiro atoms. The zero-order chi connectivity index (χ0) is 16.1. The van der Waals surface area contributed by atoms with Gasteiger partial charge in [-0.15, -0.1) is 0 Å². The SMILES string of the molecule is CCOc1cc(C=Nc2cc(Cl)ccc2C)cc(Br)c1OC. The van der Waals surface area contributed by atoms with Gasteiger partial charge in [-0.1, -0.05) is 17.7 Å². The van der Waals surface area contributed by atoms with E-state index in [1.165, 1.54) is 0 Å². The Labute approximate surface area is 144 Å². The minimum Gasteiger partial charge on any atom is -0.492 e. The fraction of sp³-hybridized carbons (Fsp3) is 0.235. The fourth-order valence-electron chi connectivity index (χ4n) is 1.99. The molecule has 0 fully saturated rings. The molecule has 0 radical (unpaired) electrons. The molecule has 0 heterocycles. The predicted octanol–water partition coefficient (Wildman–Crippen LogP) is 5.57. The van der Waals surface area contributed by atoms with E-state index in [4.69, 9.17) is 21.1 Å². The molecule has 0 bridgehead atoms. The van der Waals surface area contributed by atoms with E-state index in [1.54, 1.807) is 13.3 Å². The van der Waals surface area contributed by atoms with Crippen LogP contribution in [0.4, 0.5) is 5.69 Å². The second-order valence-corrected chi connectivity index (χ2v) is 5.95. The minimum atomic E-state index is 0.566. The van der Waals surface area contributed by atoms with Gasteiger partial charge in [0.25, 0.3) is 0 Å². The first kappa shape index (κ1) is 16.8. The van der Waals surface area contributed by atoms with Crippen LogP contribution in [-0.2, 0) is 0 Å². The highest BCUT2D eigenvalue weighted by molar-refractivity contribution is 9.10. The number of ether oxygens (including phenoxy) is 2. The molecule has 0 aliphatic carbocycles. The van der Waals surface area contributed by atoms with Crippen molar-refractivity contribution >= 4 is 39.4 Å². The summed E-state index contributed by atoms with van der Waals surface area (Å²) in [5, 5.41) is 0.670. The van der Waals surface area contributed by atoms with E-state index in [9.17, 15) is 0 Å². The van der Waals surface area contributed by atoms with Crippen molar-refractivity contribution in [2.75, 3.05) is 13.7 Å². The molecular weight excluding hydrogens is 366 g/mol. The molecule has 0 aromatic heterocycles. The third-order valence-electron chi connectivity index (χ3n) is 3.06. The molecule has 0 N–H and O–H groups in total. The number of halogens is 2. The van der Waals surface area contributed by atoms with Crippen molar-refractivity contribution in [3.05, 3.63) is 51.0 Å². The summed E-state index contributed by atoms with van der Waals surface area (Å²) in [6, 6.07) is 9.48. The Bertz CT molecular complexity index is 701. The molecule has 22 heavy (non-hydrogen) atoms. The quantitative estimate of drug-likeness (QED) is 0.633. The van der Waals surface area contributed by atoms with E-state index in [0.717, 1.165) is 21.3 Å². The summed E-state index contributed by atoms with van der Waals surface area (Å²) < 4.78 is 11.8. The lowest BCUT2D eigenvalue weighted by Gasteiger charge is -2.11. The van der Waals surface area contributed by atoms with Gasteiger partial charge in [-0.3, -0.25) is 4.99 Å². The van der Waals surface area contributed by atoms with Crippen LogP contribution in [0.1, 0.15) is 18.1 Å². The first-order valence-electron chi connectivity index (χ1n) is 6.85. The molecule has 2 aromatic rings. The highest BCUT2D eigenvalue weighted by Crippen LogP contribution is 2.36. The summed E-state index contributed by atoms with van der Waals surface area (Å²) in [6.07, 6.45) is 1.78. The van der Waals surface area contributed by atoms with E-state index in [1.807, 2.05) is 44.2 Å². The summed E-state index contributed by atoms with van der Waals surface area (Å²) in [7, 11) is 1.62. The minimum absolute atomic E-state index is 0.566. The normalized spacial score (nSPS) is 11.0. The zero-order valence-electron chi connectivity index (χ0n) is 12.7. The topological polar surface area (TPSA) is 30.8 Å². The first-order chi connectivity index (χ1) is 10.5. The van der Waals surface area contributed by atoms with Gasteiger partial charge in [0.2, 0.25) is 0 Å². The Kier molecular flexibility index (Phi) is 5.86. The van der Waals surface area contributed by atoms with Crippen molar-refractivity contribution < 1.29 is 9.47 Å². The number of nitrogens with zero attached hydrogens (tertiary/aromatic N) is 1. The van der Waals surface area contributed by atoms with Crippen molar-refractivity contribution in [1.29, 1.82) is 0 Å².